The molecule has 114 valence electrons. The number of rotatable bonds is 3. The number of aromatic nitrogens is 3. The minimum absolute atomic E-state index is 0.0673. The Morgan fingerprint density at radius 1 is 1.43 bits per heavy atom. The largest absolute Gasteiger partial charge is 0.455 e. The lowest BCUT2D eigenvalue weighted by Gasteiger charge is -2.02. The van der Waals surface area contributed by atoms with Crippen LogP contribution in [0.2, 0.25) is 0 Å². The van der Waals surface area contributed by atoms with Crippen LogP contribution in [0.15, 0.2) is 35.1 Å². The molecule has 0 radical (unpaired) electrons. The third-order valence-corrected chi connectivity index (χ3v) is 3.85. The van der Waals surface area contributed by atoms with Gasteiger partial charge in [0, 0.05) is 11.8 Å². The second kappa shape index (κ2) is 5.98. The number of benzene rings is 1. The summed E-state index contributed by atoms with van der Waals surface area (Å²) in [5.74, 6) is -0.558. The molecule has 23 heavy (non-hydrogen) atoms. The van der Waals surface area contributed by atoms with Crippen molar-refractivity contribution in [2.45, 2.75) is 13.5 Å². The average molecular weight is 326 g/mol. The molecule has 0 spiro atoms. The van der Waals surface area contributed by atoms with Crippen LogP contribution in [0.1, 0.15) is 26.6 Å². The van der Waals surface area contributed by atoms with Crippen LogP contribution in [-0.2, 0) is 11.3 Å². The molecule has 0 aliphatic carbocycles. The highest BCUT2D eigenvalue weighted by Crippen LogP contribution is 2.14. The van der Waals surface area contributed by atoms with Gasteiger partial charge in [0.2, 0.25) is 4.96 Å². The van der Waals surface area contributed by atoms with Crippen molar-refractivity contribution < 1.29 is 9.53 Å². The number of carbonyl (C=O) groups is 1. The first-order valence-corrected chi connectivity index (χ1v) is 7.42. The molecule has 0 amide bonds. The summed E-state index contributed by atoms with van der Waals surface area (Å²) in [7, 11) is 0. The molecule has 7 nitrogen and oxygen atoms in total. The highest BCUT2D eigenvalue weighted by atomic mass is 32.1. The number of hydrogen-bond acceptors (Lipinski definition) is 7. The predicted octanol–water partition coefficient (Wildman–Crippen LogP) is 1.69. The third-order valence-electron chi connectivity index (χ3n) is 2.97. The second-order valence-electron chi connectivity index (χ2n) is 4.69. The number of nitriles is 1. The highest BCUT2D eigenvalue weighted by Gasteiger charge is 2.12. The first-order valence-electron chi connectivity index (χ1n) is 6.60. The molecule has 3 aromatic rings. The van der Waals surface area contributed by atoms with E-state index in [2.05, 4.69) is 10.1 Å². The molecule has 0 saturated heterocycles. The van der Waals surface area contributed by atoms with Crippen LogP contribution in [0.25, 0.3) is 4.96 Å². The summed E-state index contributed by atoms with van der Waals surface area (Å²) in [4.78, 5) is 28.4. The molecule has 8 heteroatoms. The van der Waals surface area contributed by atoms with Crippen LogP contribution < -0.4 is 5.56 Å². The lowest BCUT2D eigenvalue weighted by Crippen LogP contribution is -2.14. The second-order valence-corrected chi connectivity index (χ2v) is 5.74. The lowest BCUT2D eigenvalue weighted by molar-refractivity contribution is 0.0471. The molecule has 3 rings (SSSR count). The summed E-state index contributed by atoms with van der Waals surface area (Å²) in [5.41, 5.74) is 1.00. The Labute approximate surface area is 134 Å². The van der Waals surface area contributed by atoms with Crippen LogP contribution in [0.3, 0.4) is 0 Å². The van der Waals surface area contributed by atoms with Crippen molar-refractivity contribution in [2.75, 3.05) is 0 Å². The van der Waals surface area contributed by atoms with E-state index in [1.54, 1.807) is 25.1 Å². The Morgan fingerprint density at radius 3 is 3.04 bits per heavy atom. The number of nitrogens with zero attached hydrogens (tertiary/aromatic N) is 4. The van der Waals surface area contributed by atoms with Crippen molar-refractivity contribution in [2.24, 2.45) is 0 Å². The van der Waals surface area contributed by atoms with Gasteiger partial charge in [-0.3, -0.25) is 4.79 Å². The van der Waals surface area contributed by atoms with Crippen LogP contribution in [0.5, 0.6) is 0 Å². The first kappa shape index (κ1) is 14.9. The van der Waals surface area contributed by atoms with Gasteiger partial charge in [0.15, 0.2) is 5.01 Å². The fourth-order valence-electron chi connectivity index (χ4n) is 1.94. The zero-order valence-electron chi connectivity index (χ0n) is 12.0. The fourth-order valence-corrected chi connectivity index (χ4v) is 2.80. The Morgan fingerprint density at radius 2 is 2.26 bits per heavy atom. The molecular formula is C15H10N4O3S. The van der Waals surface area contributed by atoms with Gasteiger partial charge in [0.1, 0.15) is 6.61 Å². The van der Waals surface area contributed by atoms with E-state index < -0.39 is 5.97 Å². The molecule has 0 aliphatic rings. The van der Waals surface area contributed by atoms with Crippen molar-refractivity contribution >= 4 is 22.3 Å². The summed E-state index contributed by atoms with van der Waals surface area (Å²) in [6.07, 6.45) is 0. The maximum Gasteiger partial charge on any atom is 0.338 e. The third kappa shape index (κ3) is 3.09. The van der Waals surface area contributed by atoms with Gasteiger partial charge in [0.25, 0.3) is 5.56 Å². The molecule has 2 aromatic heterocycles. The zero-order chi connectivity index (χ0) is 16.4. The number of hydrogen-bond donors (Lipinski definition) is 0. The van der Waals surface area contributed by atoms with Crippen LogP contribution >= 0.6 is 11.3 Å². The molecule has 0 saturated carbocycles. The Bertz CT molecular complexity index is 1000. The van der Waals surface area contributed by atoms with Gasteiger partial charge in [-0.25, -0.2) is 9.78 Å². The summed E-state index contributed by atoms with van der Waals surface area (Å²) in [6.45, 7) is 1.66. The summed E-state index contributed by atoms with van der Waals surface area (Å²) < 4.78 is 6.35. The molecule has 0 unspecified atom stereocenters. The lowest BCUT2D eigenvalue weighted by atomic mass is 10.1. The van der Waals surface area contributed by atoms with Crippen LogP contribution in [0, 0.1) is 18.3 Å². The highest BCUT2D eigenvalue weighted by molar-refractivity contribution is 7.16. The van der Waals surface area contributed by atoms with Crippen molar-refractivity contribution in [1.29, 1.82) is 5.26 Å². The van der Waals surface area contributed by atoms with Crippen molar-refractivity contribution in [3.05, 3.63) is 62.5 Å². The molecular weight excluding hydrogens is 316 g/mol. The van der Waals surface area contributed by atoms with E-state index in [4.69, 9.17) is 10.00 Å². The molecule has 0 atom stereocenters. The maximum absolute atomic E-state index is 12.0. The van der Waals surface area contributed by atoms with Gasteiger partial charge >= 0.3 is 5.97 Å². The summed E-state index contributed by atoms with van der Waals surface area (Å²) >= 11 is 1.18. The SMILES string of the molecule is Cc1cc(=O)n2nc(COC(=O)c3cccc(C#N)c3)sc2n1. The van der Waals surface area contributed by atoms with E-state index >= 15 is 0 Å². The van der Waals surface area contributed by atoms with Gasteiger partial charge in [-0.05, 0) is 25.1 Å². The molecule has 0 fully saturated rings. The minimum Gasteiger partial charge on any atom is -0.455 e. The quantitative estimate of drug-likeness (QED) is 0.679. The van der Waals surface area contributed by atoms with Gasteiger partial charge in [-0.15, -0.1) is 0 Å². The van der Waals surface area contributed by atoms with Gasteiger partial charge < -0.3 is 4.74 Å². The standard InChI is InChI=1S/C15H10N4O3S/c1-9-5-13(20)19-15(17-9)23-12(18-19)8-22-14(21)11-4-2-3-10(6-11)7-16/h2-6H,8H2,1H3. The van der Waals surface area contributed by atoms with E-state index in [9.17, 15) is 9.59 Å². The molecule has 0 N–H and O–H groups in total. The van der Waals surface area contributed by atoms with Crippen LogP contribution in [-0.4, -0.2) is 20.6 Å². The smallest absolute Gasteiger partial charge is 0.338 e. The van der Waals surface area contributed by atoms with E-state index in [-0.39, 0.29) is 17.7 Å². The molecule has 2 heterocycles. The maximum atomic E-state index is 12.0. The normalized spacial score (nSPS) is 10.4. The van der Waals surface area contributed by atoms with Gasteiger partial charge in [0.05, 0.1) is 17.2 Å². The zero-order valence-corrected chi connectivity index (χ0v) is 12.8. The Balaban J connectivity index is 1.78. The first-order chi connectivity index (χ1) is 11.1. The van der Waals surface area contributed by atoms with E-state index in [0.29, 0.717) is 21.2 Å². The van der Waals surface area contributed by atoms with Crippen LogP contribution in [0.4, 0.5) is 0 Å². The number of fused-ring (bicyclic) bond motifs is 1. The summed E-state index contributed by atoms with van der Waals surface area (Å²) in [6, 6.07) is 9.58. The Kier molecular flexibility index (Phi) is 3.87. The number of carbonyl (C=O) groups excluding carboxylic acids is 1. The van der Waals surface area contributed by atoms with Crippen molar-refractivity contribution in [3.63, 3.8) is 0 Å². The van der Waals surface area contributed by atoms with Crippen molar-refractivity contribution in [3.8, 4) is 6.07 Å². The monoisotopic (exact) mass is 326 g/mol. The predicted molar refractivity (Wildman–Crippen MR) is 82.1 cm³/mol. The summed E-state index contributed by atoms with van der Waals surface area (Å²) in [5, 5.41) is 13.4. The molecule has 0 aliphatic heterocycles. The van der Waals surface area contributed by atoms with Gasteiger partial charge in [-0.2, -0.15) is 14.9 Å². The molecule has 0 bridgehead atoms. The number of esters is 1. The van der Waals surface area contributed by atoms with Gasteiger partial charge in [-0.1, -0.05) is 17.4 Å². The van der Waals surface area contributed by atoms with E-state index in [0.717, 1.165) is 0 Å². The fraction of sp³-hybridized carbons (Fsp3) is 0.133. The average Bonchev–Trinajstić information content (AvgIpc) is 2.96. The van der Waals surface area contributed by atoms with E-state index in [1.165, 1.54) is 28.0 Å². The number of ether oxygens (including phenoxy) is 1. The Hall–Kier alpha value is -3.05. The molecule has 1 aromatic carbocycles. The minimum atomic E-state index is -0.558. The topological polar surface area (TPSA) is 97.4 Å². The van der Waals surface area contributed by atoms with E-state index in [1.807, 2.05) is 6.07 Å². The van der Waals surface area contributed by atoms with Crippen molar-refractivity contribution in [1.82, 2.24) is 14.6 Å². The number of aryl methyl sites for hydroxylation is 1.